The van der Waals surface area contributed by atoms with Gasteiger partial charge in [0.05, 0.1) is 25.2 Å². The molecule has 2 amide bonds. The van der Waals surface area contributed by atoms with Gasteiger partial charge in [0.1, 0.15) is 23.3 Å². The van der Waals surface area contributed by atoms with E-state index in [2.05, 4.69) is 10.6 Å². The van der Waals surface area contributed by atoms with Gasteiger partial charge in [-0.05, 0) is 17.7 Å². The van der Waals surface area contributed by atoms with Crippen LogP contribution in [0.15, 0.2) is 83.1 Å². The molecule has 186 valence electrons. The molecule has 2 atom stereocenters. The number of para-hydroxylation sites is 1. The molecule has 2 heterocycles. The Hall–Kier alpha value is -3.91. The van der Waals surface area contributed by atoms with Crippen LogP contribution in [0, 0.1) is 0 Å². The summed E-state index contributed by atoms with van der Waals surface area (Å²) < 4.78 is 27.0. The number of carbonyl (C=O) groups excluding carboxylic acids is 2. The first-order valence-electron chi connectivity index (χ1n) is 12.0. The number of ether oxygens (including phenoxy) is 1. The van der Waals surface area contributed by atoms with Gasteiger partial charge in [-0.1, -0.05) is 60.7 Å². The predicted octanol–water partition coefficient (Wildman–Crippen LogP) is 4.56. The van der Waals surface area contributed by atoms with E-state index in [1.54, 1.807) is 11.0 Å². The Morgan fingerprint density at radius 3 is 2.69 bits per heavy atom. The average molecular weight is 490 g/mol. The van der Waals surface area contributed by atoms with Crippen molar-refractivity contribution in [3.05, 3.63) is 90.0 Å². The zero-order chi connectivity index (χ0) is 25.1. The van der Waals surface area contributed by atoms with Crippen LogP contribution in [-0.2, 0) is 16.1 Å². The van der Waals surface area contributed by atoms with Gasteiger partial charge in [-0.15, -0.1) is 0 Å². The molecule has 0 spiro atoms. The molecule has 5 rings (SSSR count). The van der Waals surface area contributed by atoms with Gasteiger partial charge in [0, 0.05) is 30.8 Å². The average Bonchev–Trinajstić information content (AvgIpc) is 3.46. The molecule has 0 bridgehead atoms. The standard InChI is InChI=1S/C28H28FN3O4/c1-19(33)31-16-23-17-32(27(34)36-23)28(12-11-24(25(29)14-28)20-7-3-2-4-8-20)18-30-15-22-13-21-9-5-6-10-26(21)35-22/h2-13,23,30H,14-18H2,1H3,(H,31,33)/t23-,28?/m0/s1. The van der Waals surface area contributed by atoms with Crippen LogP contribution in [0.1, 0.15) is 24.7 Å². The van der Waals surface area contributed by atoms with Crippen molar-refractivity contribution in [2.24, 2.45) is 0 Å². The van der Waals surface area contributed by atoms with Crippen molar-refractivity contribution in [1.29, 1.82) is 0 Å². The largest absolute Gasteiger partial charge is 0.460 e. The molecule has 1 aliphatic carbocycles. The summed E-state index contributed by atoms with van der Waals surface area (Å²) in [5.74, 6) is 0.248. The molecule has 2 aliphatic rings. The summed E-state index contributed by atoms with van der Waals surface area (Å²) >= 11 is 0. The van der Waals surface area contributed by atoms with Crippen molar-refractivity contribution in [2.75, 3.05) is 19.6 Å². The smallest absolute Gasteiger partial charge is 0.411 e. The van der Waals surface area contributed by atoms with Gasteiger partial charge < -0.3 is 19.8 Å². The lowest BCUT2D eigenvalue weighted by molar-refractivity contribution is -0.119. The monoisotopic (exact) mass is 489 g/mol. The van der Waals surface area contributed by atoms with Crippen LogP contribution in [-0.4, -0.2) is 48.2 Å². The van der Waals surface area contributed by atoms with Gasteiger partial charge in [-0.3, -0.25) is 9.69 Å². The van der Waals surface area contributed by atoms with E-state index in [-0.39, 0.29) is 37.8 Å². The molecule has 7 nitrogen and oxygen atoms in total. The Kier molecular flexibility index (Phi) is 6.61. The minimum absolute atomic E-state index is 0.00279. The van der Waals surface area contributed by atoms with Crippen molar-refractivity contribution in [2.45, 2.75) is 31.5 Å². The number of halogens is 1. The zero-order valence-electron chi connectivity index (χ0n) is 20.0. The SMILES string of the molecule is CC(=O)NC[C@H]1CN(C2(CNCc3cc4ccccc4o3)C=CC(c3ccccc3)=C(F)C2)C(=O)O1. The number of furan rings is 1. The maximum Gasteiger partial charge on any atom is 0.411 e. The quantitative estimate of drug-likeness (QED) is 0.485. The highest BCUT2D eigenvalue weighted by atomic mass is 19.1. The molecule has 36 heavy (non-hydrogen) atoms. The lowest BCUT2D eigenvalue weighted by atomic mass is 9.84. The number of fused-ring (bicyclic) bond motifs is 1. The molecule has 1 fully saturated rings. The van der Waals surface area contributed by atoms with Gasteiger partial charge in [-0.2, -0.15) is 0 Å². The van der Waals surface area contributed by atoms with E-state index in [1.165, 1.54) is 6.92 Å². The van der Waals surface area contributed by atoms with Crippen molar-refractivity contribution in [1.82, 2.24) is 15.5 Å². The number of hydrogen-bond donors (Lipinski definition) is 2. The van der Waals surface area contributed by atoms with Gasteiger partial charge in [-0.25, -0.2) is 9.18 Å². The van der Waals surface area contributed by atoms with Crippen LogP contribution < -0.4 is 10.6 Å². The third kappa shape index (κ3) is 4.90. The number of nitrogens with zero attached hydrogens (tertiary/aromatic N) is 1. The van der Waals surface area contributed by atoms with Gasteiger partial charge >= 0.3 is 6.09 Å². The third-order valence-electron chi connectivity index (χ3n) is 6.60. The lowest BCUT2D eigenvalue weighted by Gasteiger charge is -2.40. The minimum atomic E-state index is -0.976. The zero-order valence-corrected chi connectivity index (χ0v) is 20.0. The lowest BCUT2D eigenvalue weighted by Crippen LogP contribution is -2.55. The fourth-order valence-electron chi connectivity index (χ4n) is 4.80. The van der Waals surface area contributed by atoms with E-state index in [0.29, 0.717) is 12.1 Å². The fraction of sp³-hybridized carbons (Fsp3) is 0.286. The van der Waals surface area contributed by atoms with E-state index < -0.39 is 17.7 Å². The second-order valence-electron chi connectivity index (χ2n) is 9.21. The highest BCUT2D eigenvalue weighted by Gasteiger charge is 2.46. The number of allylic oxidation sites excluding steroid dienone is 2. The van der Waals surface area contributed by atoms with Crippen LogP contribution in [0.3, 0.4) is 0 Å². The van der Waals surface area contributed by atoms with Crippen molar-refractivity contribution < 1.29 is 23.1 Å². The van der Waals surface area contributed by atoms with Gasteiger partial charge in [0.25, 0.3) is 0 Å². The molecule has 0 radical (unpaired) electrons. The van der Waals surface area contributed by atoms with Crippen LogP contribution in [0.25, 0.3) is 16.5 Å². The molecule has 1 aliphatic heterocycles. The number of cyclic esters (lactones) is 1. The number of carbonyl (C=O) groups is 2. The second-order valence-corrected chi connectivity index (χ2v) is 9.21. The predicted molar refractivity (Wildman–Crippen MR) is 135 cm³/mol. The molecular formula is C28H28FN3O4. The first-order chi connectivity index (χ1) is 17.4. The number of amides is 2. The normalized spacial score (nSPS) is 21.8. The van der Waals surface area contributed by atoms with E-state index >= 15 is 4.39 Å². The first kappa shape index (κ1) is 23.8. The third-order valence-corrected chi connectivity index (χ3v) is 6.60. The Morgan fingerprint density at radius 2 is 1.94 bits per heavy atom. The van der Waals surface area contributed by atoms with E-state index in [4.69, 9.17) is 9.15 Å². The van der Waals surface area contributed by atoms with Gasteiger partial charge in [0.2, 0.25) is 5.91 Å². The van der Waals surface area contributed by atoms with E-state index in [1.807, 2.05) is 66.7 Å². The highest BCUT2D eigenvalue weighted by molar-refractivity contribution is 5.79. The Morgan fingerprint density at radius 1 is 1.17 bits per heavy atom. The Labute approximate surface area is 208 Å². The summed E-state index contributed by atoms with van der Waals surface area (Å²) in [5, 5.41) is 7.05. The molecular weight excluding hydrogens is 461 g/mol. The topological polar surface area (TPSA) is 83.8 Å². The Bertz CT molecular complexity index is 1300. The molecule has 2 aromatic carbocycles. The van der Waals surface area contributed by atoms with Crippen molar-refractivity contribution in [3.63, 3.8) is 0 Å². The number of benzene rings is 2. The summed E-state index contributed by atoms with van der Waals surface area (Å²) in [6.07, 6.45) is 2.58. The number of rotatable bonds is 8. The Balaban J connectivity index is 1.37. The molecule has 8 heteroatoms. The van der Waals surface area contributed by atoms with Crippen LogP contribution in [0.4, 0.5) is 9.18 Å². The summed E-state index contributed by atoms with van der Waals surface area (Å²) in [4.78, 5) is 25.8. The first-order valence-corrected chi connectivity index (χ1v) is 12.0. The van der Waals surface area contributed by atoms with Gasteiger partial charge in [0.15, 0.2) is 0 Å². The highest BCUT2D eigenvalue weighted by Crippen LogP contribution is 2.38. The summed E-state index contributed by atoms with van der Waals surface area (Å²) in [7, 11) is 0. The summed E-state index contributed by atoms with van der Waals surface area (Å²) in [6.45, 7) is 2.56. The van der Waals surface area contributed by atoms with E-state index in [0.717, 1.165) is 22.3 Å². The molecule has 0 saturated carbocycles. The molecule has 1 unspecified atom stereocenters. The number of nitrogens with one attached hydrogen (secondary N) is 2. The second kappa shape index (κ2) is 9.99. The molecule has 1 aromatic heterocycles. The summed E-state index contributed by atoms with van der Waals surface area (Å²) in [6, 6.07) is 19.1. The fourth-order valence-corrected chi connectivity index (χ4v) is 4.80. The summed E-state index contributed by atoms with van der Waals surface area (Å²) in [5.41, 5.74) is 1.11. The minimum Gasteiger partial charge on any atom is -0.460 e. The molecule has 1 saturated heterocycles. The van der Waals surface area contributed by atoms with Crippen molar-refractivity contribution in [3.8, 4) is 0 Å². The number of hydrogen-bond acceptors (Lipinski definition) is 5. The van der Waals surface area contributed by atoms with Crippen molar-refractivity contribution >= 4 is 28.5 Å². The maximum absolute atomic E-state index is 15.6. The van der Waals surface area contributed by atoms with Crippen LogP contribution >= 0.6 is 0 Å². The maximum atomic E-state index is 15.6. The van der Waals surface area contributed by atoms with Crippen LogP contribution in [0.2, 0.25) is 0 Å². The molecule has 2 N–H and O–H groups in total. The van der Waals surface area contributed by atoms with Crippen LogP contribution in [0.5, 0.6) is 0 Å². The van der Waals surface area contributed by atoms with E-state index in [9.17, 15) is 9.59 Å². The molecule has 3 aromatic rings.